The van der Waals surface area contributed by atoms with Gasteiger partial charge >= 0.3 is 5.97 Å². The van der Waals surface area contributed by atoms with E-state index in [0.717, 1.165) is 25.7 Å². The van der Waals surface area contributed by atoms with Crippen molar-refractivity contribution in [2.45, 2.75) is 52.5 Å². The number of aromatic nitrogens is 2. The second-order valence-corrected chi connectivity index (χ2v) is 8.08. The second kappa shape index (κ2) is 8.68. The van der Waals surface area contributed by atoms with Gasteiger partial charge in [-0.25, -0.2) is 9.48 Å². The number of carbonyl (C=O) groups excluding carboxylic acids is 1. The van der Waals surface area contributed by atoms with Gasteiger partial charge in [-0.3, -0.25) is 9.69 Å². The summed E-state index contributed by atoms with van der Waals surface area (Å²) in [4.78, 5) is 26.8. The Morgan fingerprint density at radius 2 is 1.93 bits per heavy atom. The van der Waals surface area contributed by atoms with E-state index < -0.39 is 5.97 Å². The molecule has 1 fully saturated rings. The van der Waals surface area contributed by atoms with Crippen LogP contribution in [0.3, 0.4) is 0 Å². The molecule has 0 saturated heterocycles. The van der Waals surface area contributed by atoms with Crippen LogP contribution in [0, 0.1) is 11.8 Å². The Labute approximate surface area is 171 Å². The molecule has 1 amide bonds. The molecule has 29 heavy (non-hydrogen) atoms. The number of ether oxygens (including phenoxy) is 1. The molecule has 0 unspecified atom stereocenters. The zero-order valence-electron chi connectivity index (χ0n) is 17.5. The van der Waals surface area contributed by atoms with Crippen molar-refractivity contribution in [3.05, 3.63) is 36.0 Å². The Morgan fingerprint density at radius 1 is 1.24 bits per heavy atom. The molecule has 1 saturated carbocycles. The molecular weight excluding hydrogens is 370 g/mol. The van der Waals surface area contributed by atoms with Crippen LogP contribution in [-0.4, -0.2) is 39.9 Å². The summed E-state index contributed by atoms with van der Waals surface area (Å²) in [5.41, 5.74) is 0.680. The number of aromatic carboxylic acids is 1. The van der Waals surface area contributed by atoms with Crippen LogP contribution < -0.4 is 9.64 Å². The number of rotatable bonds is 6. The van der Waals surface area contributed by atoms with E-state index in [2.05, 4.69) is 12.0 Å². The van der Waals surface area contributed by atoms with E-state index >= 15 is 0 Å². The maximum atomic E-state index is 13.3. The number of carbonyl (C=O) groups is 2. The number of hydrogen-bond acceptors (Lipinski definition) is 4. The predicted molar refractivity (Wildman–Crippen MR) is 111 cm³/mol. The van der Waals surface area contributed by atoms with Gasteiger partial charge in [-0.05, 0) is 57.6 Å². The van der Waals surface area contributed by atoms with Crippen molar-refractivity contribution in [1.82, 2.24) is 9.78 Å². The minimum Gasteiger partial charge on any atom is -0.497 e. The number of amides is 1. The first kappa shape index (κ1) is 20.9. The maximum absolute atomic E-state index is 13.3. The third-order valence-corrected chi connectivity index (χ3v) is 5.59. The predicted octanol–water partition coefficient (Wildman–Crippen LogP) is 4.15. The molecule has 156 valence electrons. The van der Waals surface area contributed by atoms with Crippen molar-refractivity contribution >= 4 is 17.7 Å². The number of methoxy groups -OCH3 is 1. The average Bonchev–Trinajstić information content (AvgIpc) is 3.13. The van der Waals surface area contributed by atoms with E-state index in [1.54, 1.807) is 24.1 Å². The molecule has 1 aromatic carbocycles. The van der Waals surface area contributed by atoms with Crippen molar-refractivity contribution in [2.75, 3.05) is 12.0 Å². The normalized spacial score (nSPS) is 19.2. The molecule has 1 aliphatic rings. The van der Waals surface area contributed by atoms with Gasteiger partial charge in [-0.15, -0.1) is 5.10 Å². The first-order chi connectivity index (χ1) is 13.8. The zero-order valence-corrected chi connectivity index (χ0v) is 17.5. The summed E-state index contributed by atoms with van der Waals surface area (Å²) < 4.78 is 6.74. The fourth-order valence-electron chi connectivity index (χ4n) is 3.89. The number of carboxylic acid groups (broad SMARTS) is 1. The lowest BCUT2D eigenvalue weighted by Crippen LogP contribution is -2.43. The van der Waals surface area contributed by atoms with Gasteiger partial charge in [0.25, 0.3) is 0 Å². The fourth-order valence-corrected chi connectivity index (χ4v) is 3.89. The lowest BCUT2D eigenvalue weighted by molar-refractivity contribution is -0.123. The first-order valence-electron chi connectivity index (χ1n) is 10.1. The topological polar surface area (TPSA) is 84.7 Å². The summed E-state index contributed by atoms with van der Waals surface area (Å²) in [5, 5.41) is 14.3. The quantitative estimate of drug-likeness (QED) is 0.789. The smallest absolute Gasteiger partial charge is 0.341 e. The van der Waals surface area contributed by atoms with Gasteiger partial charge in [0.1, 0.15) is 11.3 Å². The molecular formula is C22H29N3O4. The van der Waals surface area contributed by atoms with Gasteiger partial charge < -0.3 is 9.84 Å². The van der Waals surface area contributed by atoms with E-state index in [1.807, 2.05) is 26.0 Å². The van der Waals surface area contributed by atoms with E-state index in [0.29, 0.717) is 17.4 Å². The van der Waals surface area contributed by atoms with E-state index in [4.69, 9.17) is 4.74 Å². The Hall–Kier alpha value is -2.83. The molecule has 1 aliphatic carbocycles. The van der Waals surface area contributed by atoms with Crippen LogP contribution in [0.4, 0.5) is 5.82 Å². The highest BCUT2D eigenvalue weighted by atomic mass is 16.5. The molecule has 7 heteroatoms. The molecule has 0 atom stereocenters. The SMILES string of the molecule is COc1cccc(-n2cc(C(=O)O)c(N(C(=O)[C@H]3CC[C@H](C)CC3)C(C)C)n2)c1. The lowest BCUT2D eigenvalue weighted by Gasteiger charge is -2.32. The molecule has 1 N–H and O–H groups in total. The van der Waals surface area contributed by atoms with Gasteiger partial charge in [0.05, 0.1) is 12.8 Å². The Morgan fingerprint density at radius 3 is 2.52 bits per heavy atom. The monoisotopic (exact) mass is 399 g/mol. The third-order valence-electron chi connectivity index (χ3n) is 5.59. The summed E-state index contributed by atoms with van der Waals surface area (Å²) in [6, 6.07) is 7.00. The molecule has 7 nitrogen and oxygen atoms in total. The zero-order chi connectivity index (χ0) is 21.1. The molecule has 1 aromatic heterocycles. The van der Waals surface area contributed by atoms with Gasteiger partial charge in [0.2, 0.25) is 5.91 Å². The highest BCUT2D eigenvalue weighted by Crippen LogP contribution is 2.32. The highest BCUT2D eigenvalue weighted by Gasteiger charge is 2.34. The maximum Gasteiger partial charge on any atom is 0.341 e. The third kappa shape index (κ3) is 4.44. The molecule has 0 bridgehead atoms. The minimum absolute atomic E-state index is 0.0130. The van der Waals surface area contributed by atoms with Crippen LogP contribution in [0.15, 0.2) is 30.5 Å². The summed E-state index contributed by atoms with van der Waals surface area (Å²) in [6.07, 6.45) is 5.17. The number of anilines is 1. The standard InChI is InChI=1S/C22H29N3O4/c1-14(2)25(21(26)16-10-8-15(3)9-11-16)20-19(22(27)28)13-24(23-20)17-6-5-7-18(12-17)29-4/h5-7,12-16H,8-11H2,1-4H3,(H,27,28)/t15-,16-. The Bertz CT molecular complexity index is 882. The summed E-state index contributed by atoms with van der Waals surface area (Å²) in [6.45, 7) is 5.98. The van der Waals surface area contributed by atoms with Crippen LogP contribution in [0.25, 0.3) is 5.69 Å². The van der Waals surface area contributed by atoms with Gasteiger partial charge in [-0.2, -0.15) is 0 Å². The molecule has 0 radical (unpaired) electrons. The summed E-state index contributed by atoms with van der Waals surface area (Å²) >= 11 is 0. The van der Waals surface area contributed by atoms with E-state index in [-0.39, 0.29) is 29.2 Å². The van der Waals surface area contributed by atoms with Crippen molar-refractivity contribution in [3.8, 4) is 11.4 Å². The van der Waals surface area contributed by atoms with Crippen molar-refractivity contribution in [1.29, 1.82) is 0 Å². The van der Waals surface area contributed by atoms with Crippen LogP contribution in [0.5, 0.6) is 5.75 Å². The Balaban J connectivity index is 2.00. The molecule has 0 aliphatic heterocycles. The van der Waals surface area contributed by atoms with Crippen LogP contribution >= 0.6 is 0 Å². The van der Waals surface area contributed by atoms with Crippen molar-refractivity contribution in [2.24, 2.45) is 11.8 Å². The second-order valence-electron chi connectivity index (χ2n) is 8.08. The fraction of sp³-hybridized carbons (Fsp3) is 0.500. The molecule has 2 aromatic rings. The van der Waals surface area contributed by atoms with Crippen LogP contribution in [0.2, 0.25) is 0 Å². The summed E-state index contributed by atoms with van der Waals surface area (Å²) in [5.74, 6) is 0.240. The van der Waals surface area contributed by atoms with E-state index in [1.165, 1.54) is 10.9 Å². The van der Waals surface area contributed by atoms with E-state index in [9.17, 15) is 14.7 Å². The minimum atomic E-state index is -1.11. The number of benzene rings is 1. The molecule has 3 rings (SSSR count). The first-order valence-corrected chi connectivity index (χ1v) is 10.1. The van der Waals surface area contributed by atoms with Crippen LogP contribution in [0.1, 0.15) is 56.8 Å². The highest BCUT2D eigenvalue weighted by molar-refractivity contribution is 6.01. The average molecular weight is 399 g/mol. The van der Waals surface area contributed by atoms with Gasteiger partial charge in [0, 0.05) is 24.2 Å². The lowest BCUT2D eigenvalue weighted by atomic mass is 9.82. The largest absolute Gasteiger partial charge is 0.497 e. The van der Waals surface area contributed by atoms with Gasteiger partial charge in [0.15, 0.2) is 5.82 Å². The molecule has 0 spiro atoms. The van der Waals surface area contributed by atoms with Crippen molar-refractivity contribution < 1.29 is 19.4 Å². The molecule has 1 heterocycles. The van der Waals surface area contributed by atoms with Gasteiger partial charge in [-0.1, -0.05) is 13.0 Å². The number of nitrogens with zero attached hydrogens (tertiary/aromatic N) is 3. The van der Waals surface area contributed by atoms with Crippen LogP contribution in [-0.2, 0) is 4.79 Å². The van der Waals surface area contributed by atoms with Crippen molar-refractivity contribution in [3.63, 3.8) is 0 Å². The Kier molecular flexibility index (Phi) is 6.25. The summed E-state index contributed by atoms with van der Waals surface area (Å²) in [7, 11) is 1.57. The number of carboxylic acids is 1. The number of hydrogen-bond donors (Lipinski definition) is 1.